The number of hydrogen-bond acceptors (Lipinski definition) is 6. The Balaban J connectivity index is 1.43. The first kappa shape index (κ1) is 22.8. The third-order valence-corrected chi connectivity index (χ3v) is 5.77. The van der Waals surface area contributed by atoms with E-state index in [9.17, 15) is 4.79 Å². The molecule has 0 aliphatic carbocycles. The van der Waals surface area contributed by atoms with Crippen LogP contribution in [0.25, 0.3) is 22.2 Å². The largest absolute Gasteiger partial charge is 0.367 e. The Hall–Kier alpha value is -3.39. The highest BCUT2D eigenvalue weighted by Crippen LogP contribution is 2.25. The molecule has 0 fully saturated rings. The lowest BCUT2D eigenvalue weighted by atomic mass is 10.0. The minimum absolute atomic E-state index is 0.106. The van der Waals surface area contributed by atoms with Crippen LogP contribution in [0.1, 0.15) is 31.1 Å². The van der Waals surface area contributed by atoms with Crippen molar-refractivity contribution in [2.45, 2.75) is 38.5 Å². The van der Waals surface area contributed by atoms with Gasteiger partial charge in [-0.25, -0.2) is 14.6 Å². The summed E-state index contributed by atoms with van der Waals surface area (Å²) in [7, 11) is 0. The molecule has 0 spiro atoms. The van der Waals surface area contributed by atoms with Crippen LogP contribution in [0.4, 0.5) is 5.82 Å². The average Bonchev–Trinajstić information content (AvgIpc) is 3.23. The smallest absolute Gasteiger partial charge is 0.251 e. The van der Waals surface area contributed by atoms with Crippen LogP contribution in [-0.4, -0.2) is 44.0 Å². The first-order valence-corrected chi connectivity index (χ1v) is 12.1. The lowest BCUT2D eigenvalue weighted by Crippen LogP contribution is -2.27. The molecular weight excluding hydrogens is 432 g/mol. The van der Waals surface area contributed by atoms with Gasteiger partial charge in [0.15, 0.2) is 10.8 Å². The zero-order chi connectivity index (χ0) is 23.2. The second-order valence-corrected chi connectivity index (χ2v) is 9.12. The number of amides is 1. The third-order valence-electron chi connectivity index (χ3n) is 5.04. The van der Waals surface area contributed by atoms with Gasteiger partial charge in [-0.05, 0) is 42.9 Å². The van der Waals surface area contributed by atoms with E-state index in [1.165, 1.54) is 0 Å². The second kappa shape index (κ2) is 10.5. The van der Waals surface area contributed by atoms with E-state index in [4.69, 9.17) is 0 Å². The van der Waals surface area contributed by atoms with Crippen LogP contribution in [0.3, 0.4) is 0 Å². The maximum absolute atomic E-state index is 12.6. The molecule has 0 aliphatic heterocycles. The number of nitrogens with one attached hydrogen (secondary N) is 2. The molecule has 0 unspecified atom stereocenters. The Labute approximate surface area is 198 Å². The van der Waals surface area contributed by atoms with Crippen LogP contribution in [-0.2, 0) is 6.54 Å². The predicted molar refractivity (Wildman–Crippen MR) is 135 cm³/mol. The van der Waals surface area contributed by atoms with Crippen molar-refractivity contribution < 1.29 is 4.79 Å². The van der Waals surface area contributed by atoms with Crippen molar-refractivity contribution >= 4 is 34.5 Å². The van der Waals surface area contributed by atoms with Crippen molar-refractivity contribution in [2.24, 2.45) is 0 Å². The summed E-state index contributed by atoms with van der Waals surface area (Å²) in [6.07, 6.45) is 1.78. The van der Waals surface area contributed by atoms with Gasteiger partial charge in [-0.15, -0.1) is 0 Å². The molecule has 1 amide bonds. The van der Waals surface area contributed by atoms with E-state index in [0.29, 0.717) is 18.7 Å². The molecule has 0 atom stereocenters. The van der Waals surface area contributed by atoms with E-state index in [2.05, 4.69) is 58.6 Å². The molecule has 0 bridgehead atoms. The number of nitrogens with zero attached hydrogens (tertiary/aromatic N) is 4. The molecule has 8 heteroatoms. The fourth-order valence-corrected chi connectivity index (χ4v) is 4.06. The molecule has 4 rings (SSSR count). The number of carbonyl (C=O) groups is 1. The summed E-state index contributed by atoms with van der Waals surface area (Å²) in [6, 6.07) is 18.0. The highest BCUT2D eigenvalue weighted by atomic mass is 32.2. The van der Waals surface area contributed by atoms with Crippen molar-refractivity contribution in [2.75, 3.05) is 17.6 Å². The number of rotatable bonds is 9. The number of benzene rings is 2. The Morgan fingerprint density at radius 2 is 1.76 bits per heavy atom. The van der Waals surface area contributed by atoms with Crippen molar-refractivity contribution in [1.29, 1.82) is 0 Å². The maximum Gasteiger partial charge on any atom is 0.251 e. The fraction of sp³-hybridized carbons (Fsp3) is 0.280. The highest BCUT2D eigenvalue weighted by Gasteiger charge is 2.14. The molecule has 170 valence electrons. The zero-order valence-corrected chi connectivity index (χ0v) is 19.9. The standard InChI is InChI=1S/C25H28N6OS/c1-4-33-25-29-22(28-17(2)3)21-16-27-31(23(21)30-25)15-14-26-24(32)20-12-10-19(11-13-20)18-8-6-5-7-9-18/h5-13,16-17H,4,14-15H2,1-3H3,(H,26,32)(H,28,29,30). The molecule has 4 aromatic rings. The van der Waals surface area contributed by atoms with Crippen LogP contribution in [0.15, 0.2) is 66.0 Å². The summed E-state index contributed by atoms with van der Waals surface area (Å²) in [5, 5.41) is 12.5. The number of aromatic nitrogens is 4. The normalized spacial score (nSPS) is 11.2. The summed E-state index contributed by atoms with van der Waals surface area (Å²) < 4.78 is 1.82. The van der Waals surface area contributed by atoms with E-state index < -0.39 is 0 Å². The third kappa shape index (κ3) is 5.51. The number of fused-ring (bicyclic) bond motifs is 1. The van der Waals surface area contributed by atoms with E-state index in [-0.39, 0.29) is 11.9 Å². The maximum atomic E-state index is 12.6. The summed E-state index contributed by atoms with van der Waals surface area (Å²) in [4.78, 5) is 21.9. The molecule has 33 heavy (non-hydrogen) atoms. The van der Waals surface area contributed by atoms with Gasteiger partial charge >= 0.3 is 0 Å². The molecule has 2 aromatic heterocycles. The van der Waals surface area contributed by atoms with Gasteiger partial charge in [0.25, 0.3) is 5.91 Å². The van der Waals surface area contributed by atoms with Crippen molar-refractivity contribution in [1.82, 2.24) is 25.1 Å². The van der Waals surface area contributed by atoms with Crippen LogP contribution < -0.4 is 10.6 Å². The Morgan fingerprint density at radius 1 is 1.03 bits per heavy atom. The first-order valence-electron chi connectivity index (χ1n) is 11.1. The highest BCUT2D eigenvalue weighted by molar-refractivity contribution is 7.99. The molecular formula is C25H28N6OS. The Morgan fingerprint density at radius 3 is 2.45 bits per heavy atom. The summed E-state index contributed by atoms with van der Waals surface area (Å²) >= 11 is 1.60. The number of hydrogen-bond donors (Lipinski definition) is 2. The monoisotopic (exact) mass is 460 g/mol. The van der Waals surface area contributed by atoms with Crippen LogP contribution in [0.2, 0.25) is 0 Å². The number of carbonyl (C=O) groups excluding carboxylic acids is 1. The quantitative estimate of drug-likeness (QED) is 0.274. The van der Waals surface area contributed by atoms with Gasteiger partial charge in [0.1, 0.15) is 5.82 Å². The van der Waals surface area contributed by atoms with E-state index >= 15 is 0 Å². The lowest BCUT2D eigenvalue weighted by Gasteiger charge is -2.12. The van der Waals surface area contributed by atoms with Gasteiger partial charge in [-0.2, -0.15) is 5.10 Å². The van der Waals surface area contributed by atoms with Gasteiger partial charge < -0.3 is 10.6 Å². The van der Waals surface area contributed by atoms with Crippen molar-refractivity contribution in [3.05, 3.63) is 66.4 Å². The van der Waals surface area contributed by atoms with Gasteiger partial charge in [-0.3, -0.25) is 4.79 Å². The van der Waals surface area contributed by atoms with E-state index in [0.717, 1.165) is 38.9 Å². The molecule has 0 saturated heterocycles. The molecule has 2 N–H and O–H groups in total. The lowest BCUT2D eigenvalue weighted by molar-refractivity contribution is 0.0952. The van der Waals surface area contributed by atoms with Crippen LogP contribution in [0.5, 0.6) is 0 Å². The van der Waals surface area contributed by atoms with Crippen molar-refractivity contribution in [3.63, 3.8) is 0 Å². The van der Waals surface area contributed by atoms with Gasteiger partial charge in [-0.1, -0.05) is 61.2 Å². The predicted octanol–water partition coefficient (Wildman–Crippen LogP) is 4.86. The summed E-state index contributed by atoms with van der Waals surface area (Å²) in [5.41, 5.74) is 3.61. The van der Waals surface area contributed by atoms with E-state index in [1.54, 1.807) is 18.0 Å². The molecule has 2 heterocycles. The minimum Gasteiger partial charge on any atom is -0.367 e. The van der Waals surface area contributed by atoms with Gasteiger partial charge in [0, 0.05) is 18.2 Å². The van der Waals surface area contributed by atoms with Gasteiger partial charge in [0.2, 0.25) is 0 Å². The van der Waals surface area contributed by atoms with Crippen LogP contribution >= 0.6 is 11.8 Å². The summed E-state index contributed by atoms with van der Waals surface area (Å²) in [5.74, 6) is 1.57. The molecule has 0 saturated carbocycles. The van der Waals surface area contributed by atoms with Gasteiger partial charge in [0.05, 0.1) is 18.1 Å². The molecule has 2 aromatic carbocycles. The van der Waals surface area contributed by atoms with Crippen LogP contribution in [0, 0.1) is 0 Å². The minimum atomic E-state index is -0.106. The van der Waals surface area contributed by atoms with Crippen molar-refractivity contribution in [3.8, 4) is 11.1 Å². The Bertz CT molecular complexity index is 1220. The number of anilines is 1. The first-order chi connectivity index (χ1) is 16.0. The van der Waals surface area contributed by atoms with E-state index in [1.807, 2.05) is 47.1 Å². The SMILES string of the molecule is CCSc1nc(NC(C)C)c2cnn(CCNC(=O)c3ccc(-c4ccccc4)cc3)c2n1. The molecule has 0 aliphatic rings. The topological polar surface area (TPSA) is 84.7 Å². The average molecular weight is 461 g/mol. The summed E-state index contributed by atoms with van der Waals surface area (Å²) in [6.45, 7) is 7.20. The second-order valence-electron chi connectivity index (χ2n) is 7.89. The number of thioether (sulfide) groups is 1. The Kier molecular flexibility index (Phi) is 7.24. The zero-order valence-electron chi connectivity index (χ0n) is 19.1. The molecule has 7 nitrogen and oxygen atoms in total. The molecule has 0 radical (unpaired) electrons. The fourth-order valence-electron chi connectivity index (χ4n) is 3.50.